The van der Waals surface area contributed by atoms with Crippen LogP contribution in [0.4, 0.5) is 20.3 Å². The lowest BCUT2D eigenvalue weighted by Crippen LogP contribution is -2.16. The number of anilines is 2. The standard InChI is InChI=1S/C24H22F2N6O2/c1-15(13-33)32-14-28-31-23(32)21-3-2-4-22(29-21)30-24(34)19-11-18(9-10-20(19)26)27-12-16-5-7-17(25)8-6-16/h2-11,14-15,27,33H,12-13H2,1H3,(H,29,30,34)/t15-/m1/s1. The highest BCUT2D eigenvalue weighted by molar-refractivity contribution is 6.04. The van der Waals surface area contributed by atoms with Crippen LogP contribution in [0.25, 0.3) is 11.5 Å². The topological polar surface area (TPSA) is 105 Å². The predicted molar refractivity (Wildman–Crippen MR) is 123 cm³/mol. The Kier molecular flexibility index (Phi) is 6.88. The average molecular weight is 464 g/mol. The van der Waals surface area contributed by atoms with Crippen molar-refractivity contribution in [3.8, 4) is 11.5 Å². The molecule has 4 aromatic rings. The Morgan fingerprint density at radius 2 is 1.91 bits per heavy atom. The second-order valence-corrected chi connectivity index (χ2v) is 7.63. The Labute approximate surface area is 194 Å². The van der Waals surface area contributed by atoms with Crippen LogP contribution >= 0.6 is 0 Å². The van der Waals surface area contributed by atoms with Crippen molar-refractivity contribution in [2.24, 2.45) is 0 Å². The van der Waals surface area contributed by atoms with Crippen LogP contribution < -0.4 is 10.6 Å². The molecule has 34 heavy (non-hydrogen) atoms. The molecule has 1 atom stereocenters. The number of hydrogen-bond acceptors (Lipinski definition) is 6. The first-order valence-electron chi connectivity index (χ1n) is 10.5. The Bertz CT molecular complexity index is 1290. The maximum Gasteiger partial charge on any atom is 0.259 e. The molecular weight excluding hydrogens is 442 g/mol. The number of aliphatic hydroxyl groups is 1. The third kappa shape index (κ3) is 5.24. The van der Waals surface area contributed by atoms with Gasteiger partial charge in [-0.2, -0.15) is 0 Å². The predicted octanol–water partition coefficient (Wildman–Crippen LogP) is 4.04. The lowest BCUT2D eigenvalue weighted by molar-refractivity contribution is 0.102. The van der Waals surface area contributed by atoms with Crippen molar-refractivity contribution in [2.45, 2.75) is 19.5 Å². The van der Waals surface area contributed by atoms with Gasteiger partial charge in [0.05, 0.1) is 18.2 Å². The summed E-state index contributed by atoms with van der Waals surface area (Å²) in [6.07, 6.45) is 1.49. The summed E-state index contributed by atoms with van der Waals surface area (Å²) in [5.74, 6) is -1.05. The van der Waals surface area contributed by atoms with Crippen LogP contribution in [0.3, 0.4) is 0 Å². The summed E-state index contributed by atoms with van der Waals surface area (Å²) in [5.41, 5.74) is 1.64. The van der Waals surface area contributed by atoms with Crippen LogP contribution in [0.15, 0.2) is 67.0 Å². The zero-order valence-corrected chi connectivity index (χ0v) is 18.2. The van der Waals surface area contributed by atoms with Crippen LogP contribution in [-0.4, -0.2) is 37.4 Å². The molecule has 0 unspecified atom stereocenters. The quantitative estimate of drug-likeness (QED) is 0.364. The molecule has 2 heterocycles. The molecule has 0 aliphatic carbocycles. The van der Waals surface area contributed by atoms with E-state index in [-0.39, 0.29) is 29.8 Å². The molecule has 2 aromatic carbocycles. The Balaban J connectivity index is 1.49. The van der Waals surface area contributed by atoms with E-state index in [0.29, 0.717) is 23.8 Å². The van der Waals surface area contributed by atoms with Crippen LogP contribution in [0.5, 0.6) is 0 Å². The molecule has 0 spiro atoms. The Morgan fingerprint density at radius 3 is 2.68 bits per heavy atom. The Hall–Kier alpha value is -4.18. The average Bonchev–Trinajstić information content (AvgIpc) is 3.34. The van der Waals surface area contributed by atoms with Gasteiger partial charge in [0.25, 0.3) is 5.91 Å². The molecule has 0 aliphatic heterocycles. The number of nitrogens with one attached hydrogen (secondary N) is 2. The minimum atomic E-state index is -0.683. The lowest BCUT2D eigenvalue weighted by atomic mass is 10.1. The second kappa shape index (κ2) is 10.2. The number of benzene rings is 2. The van der Waals surface area contributed by atoms with Gasteiger partial charge in [0.1, 0.15) is 29.5 Å². The summed E-state index contributed by atoms with van der Waals surface area (Å²) in [5, 5.41) is 23.0. The third-order valence-corrected chi connectivity index (χ3v) is 5.15. The third-order valence-electron chi connectivity index (χ3n) is 5.15. The molecule has 2 aromatic heterocycles. The van der Waals surface area contributed by atoms with Gasteiger partial charge >= 0.3 is 0 Å². The van der Waals surface area contributed by atoms with Gasteiger partial charge in [-0.25, -0.2) is 13.8 Å². The molecule has 174 valence electrons. The zero-order valence-electron chi connectivity index (χ0n) is 18.2. The van der Waals surface area contributed by atoms with Crippen LogP contribution in [0.2, 0.25) is 0 Å². The molecular formula is C24H22F2N6O2. The summed E-state index contributed by atoms with van der Waals surface area (Å²) in [7, 11) is 0. The number of aliphatic hydroxyl groups excluding tert-OH is 1. The first-order valence-corrected chi connectivity index (χ1v) is 10.5. The van der Waals surface area contributed by atoms with Gasteiger partial charge in [-0.15, -0.1) is 10.2 Å². The van der Waals surface area contributed by atoms with E-state index < -0.39 is 11.7 Å². The van der Waals surface area contributed by atoms with E-state index in [1.54, 1.807) is 41.8 Å². The summed E-state index contributed by atoms with van der Waals surface area (Å²) in [4.78, 5) is 17.2. The molecule has 10 heteroatoms. The fourth-order valence-corrected chi connectivity index (χ4v) is 3.26. The molecule has 0 bridgehead atoms. The van der Waals surface area contributed by atoms with Crippen LogP contribution in [0, 0.1) is 11.6 Å². The van der Waals surface area contributed by atoms with Gasteiger partial charge in [0, 0.05) is 12.2 Å². The first kappa shape index (κ1) is 23.0. The molecule has 1 amide bonds. The van der Waals surface area contributed by atoms with Crippen molar-refractivity contribution >= 4 is 17.4 Å². The monoisotopic (exact) mass is 464 g/mol. The normalized spacial score (nSPS) is 11.8. The summed E-state index contributed by atoms with van der Waals surface area (Å²) < 4.78 is 29.2. The number of hydrogen-bond donors (Lipinski definition) is 3. The molecule has 3 N–H and O–H groups in total. The van der Waals surface area contributed by atoms with E-state index in [2.05, 4.69) is 25.8 Å². The Morgan fingerprint density at radius 1 is 1.12 bits per heavy atom. The minimum absolute atomic E-state index is 0.105. The number of amides is 1. The number of carbonyl (C=O) groups is 1. The van der Waals surface area contributed by atoms with E-state index in [1.807, 2.05) is 0 Å². The molecule has 8 nitrogen and oxygen atoms in total. The lowest BCUT2D eigenvalue weighted by Gasteiger charge is -2.13. The van der Waals surface area contributed by atoms with Gasteiger partial charge in [0.15, 0.2) is 5.82 Å². The largest absolute Gasteiger partial charge is 0.394 e. The molecule has 0 saturated heterocycles. The van der Waals surface area contributed by atoms with Gasteiger partial charge in [-0.3, -0.25) is 4.79 Å². The number of pyridine rings is 1. The highest BCUT2D eigenvalue weighted by Gasteiger charge is 2.16. The number of carbonyl (C=O) groups excluding carboxylic acids is 1. The SMILES string of the molecule is C[C@H](CO)n1cnnc1-c1cccc(NC(=O)c2cc(NCc3ccc(F)cc3)ccc2F)n1. The highest BCUT2D eigenvalue weighted by atomic mass is 19.1. The van der Waals surface area contributed by atoms with Crippen molar-refractivity contribution < 1.29 is 18.7 Å². The van der Waals surface area contributed by atoms with Crippen LogP contribution in [0.1, 0.15) is 28.9 Å². The van der Waals surface area contributed by atoms with Crippen molar-refractivity contribution in [3.05, 3.63) is 89.8 Å². The molecule has 0 fully saturated rings. The van der Waals surface area contributed by atoms with E-state index in [1.165, 1.54) is 36.7 Å². The molecule has 4 rings (SSSR count). The van der Waals surface area contributed by atoms with E-state index >= 15 is 0 Å². The van der Waals surface area contributed by atoms with E-state index in [4.69, 9.17) is 0 Å². The smallest absolute Gasteiger partial charge is 0.259 e. The molecule has 0 saturated carbocycles. The van der Waals surface area contributed by atoms with E-state index in [0.717, 1.165) is 5.56 Å². The van der Waals surface area contributed by atoms with Crippen molar-refractivity contribution in [1.82, 2.24) is 19.7 Å². The van der Waals surface area contributed by atoms with Crippen molar-refractivity contribution in [2.75, 3.05) is 17.2 Å². The van der Waals surface area contributed by atoms with Crippen molar-refractivity contribution in [3.63, 3.8) is 0 Å². The van der Waals surface area contributed by atoms with Crippen LogP contribution in [-0.2, 0) is 6.54 Å². The van der Waals surface area contributed by atoms with Crippen molar-refractivity contribution in [1.29, 1.82) is 0 Å². The summed E-state index contributed by atoms with van der Waals surface area (Å²) >= 11 is 0. The van der Waals surface area contributed by atoms with E-state index in [9.17, 15) is 18.7 Å². The molecule has 0 radical (unpaired) electrons. The first-order chi connectivity index (χ1) is 16.4. The maximum absolute atomic E-state index is 14.4. The number of aromatic nitrogens is 4. The summed E-state index contributed by atoms with van der Waals surface area (Å²) in [6.45, 7) is 2.08. The highest BCUT2D eigenvalue weighted by Crippen LogP contribution is 2.21. The zero-order chi connectivity index (χ0) is 24.1. The fraction of sp³-hybridized carbons (Fsp3) is 0.167. The van der Waals surface area contributed by atoms with Gasteiger partial charge in [0.2, 0.25) is 0 Å². The van der Waals surface area contributed by atoms with Gasteiger partial charge in [-0.1, -0.05) is 18.2 Å². The maximum atomic E-state index is 14.4. The van der Waals surface area contributed by atoms with Gasteiger partial charge < -0.3 is 20.3 Å². The minimum Gasteiger partial charge on any atom is -0.394 e. The summed E-state index contributed by atoms with van der Waals surface area (Å²) in [6, 6.07) is 14.8. The van der Waals surface area contributed by atoms with Gasteiger partial charge in [-0.05, 0) is 55.0 Å². The second-order valence-electron chi connectivity index (χ2n) is 7.63. The number of rotatable bonds is 8. The fourth-order valence-electron chi connectivity index (χ4n) is 3.26. The number of nitrogens with zero attached hydrogens (tertiary/aromatic N) is 4. The number of halogens is 2. The molecule has 0 aliphatic rings.